The lowest BCUT2D eigenvalue weighted by Crippen LogP contribution is -2.45. The van der Waals surface area contributed by atoms with E-state index >= 15 is 0 Å². The Bertz CT molecular complexity index is 710. The zero-order chi connectivity index (χ0) is 16.7. The molecule has 2 atom stereocenters. The molecule has 23 heavy (non-hydrogen) atoms. The Morgan fingerprint density at radius 2 is 1.96 bits per heavy atom. The second-order valence-electron chi connectivity index (χ2n) is 6.98. The predicted octanol–water partition coefficient (Wildman–Crippen LogP) is 4.14. The average Bonchev–Trinajstić information content (AvgIpc) is 2.83. The first kappa shape index (κ1) is 16.0. The van der Waals surface area contributed by atoms with E-state index < -0.39 is 0 Å². The third-order valence-electron chi connectivity index (χ3n) is 4.69. The molecule has 0 spiro atoms. The number of amides is 2. The van der Waals surface area contributed by atoms with E-state index in [2.05, 4.69) is 41.6 Å². The molecule has 0 aliphatic heterocycles. The molecule has 1 aromatic heterocycles. The first-order chi connectivity index (χ1) is 10.8. The minimum absolute atomic E-state index is 0.0622. The molecule has 2 N–H and O–H groups in total. The van der Waals surface area contributed by atoms with Gasteiger partial charge in [-0.2, -0.15) is 0 Å². The van der Waals surface area contributed by atoms with Crippen LogP contribution in [0.3, 0.4) is 0 Å². The number of thiazole rings is 1. The summed E-state index contributed by atoms with van der Waals surface area (Å²) in [6, 6.07) is 9.98. The molecule has 0 bridgehead atoms. The average molecular weight is 329 g/mol. The van der Waals surface area contributed by atoms with Crippen LogP contribution in [-0.2, 0) is 5.54 Å². The van der Waals surface area contributed by atoms with Gasteiger partial charge in [0.25, 0.3) is 0 Å². The van der Waals surface area contributed by atoms with Crippen LogP contribution >= 0.6 is 11.3 Å². The van der Waals surface area contributed by atoms with Crippen LogP contribution in [0.4, 0.5) is 4.79 Å². The van der Waals surface area contributed by atoms with Gasteiger partial charge >= 0.3 is 6.03 Å². The van der Waals surface area contributed by atoms with Gasteiger partial charge in [-0.05, 0) is 31.2 Å². The molecule has 0 radical (unpaired) electrons. The van der Waals surface area contributed by atoms with E-state index in [0.717, 1.165) is 22.7 Å². The van der Waals surface area contributed by atoms with E-state index in [-0.39, 0.29) is 23.0 Å². The summed E-state index contributed by atoms with van der Waals surface area (Å²) in [5.41, 5.74) is 1.94. The highest BCUT2D eigenvalue weighted by atomic mass is 32.1. The van der Waals surface area contributed by atoms with Gasteiger partial charge in [-0.15, -0.1) is 11.3 Å². The summed E-state index contributed by atoms with van der Waals surface area (Å²) in [5, 5.41) is 9.15. The molecule has 1 aliphatic rings. The number of aryl methyl sites for hydroxylation is 1. The number of aromatic nitrogens is 1. The maximum absolute atomic E-state index is 12.5. The van der Waals surface area contributed by atoms with Crippen LogP contribution in [0.15, 0.2) is 35.7 Å². The van der Waals surface area contributed by atoms with Gasteiger partial charge in [0, 0.05) is 11.1 Å². The summed E-state index contributed by atoms with van der Waals surface area (Å²) >= 11 is 1.58. The van der Waals surface area contributed by atoms with Gasteiger partial charge in [-0.1, -0.05) is 44.2 Å². The van der Waals surface area contributed by atoms with Crippen molar-refractivity contribution in [3.8, 4) is 0 Å². The van der Waals surface area contributed by atoms with Crippen LogP contribution in [0.5, 0.6) is 0 Å². The molecule has 0 saturated heterocycles. The fourth-order valence-corrected chi connectivity index (χ4v) is 3.98. The molecule has 3 rings (SSSR count). The number of rotatable bonds is 4. The molecule has 1 saturated carbocycles. The number of carbonyl (C=O) groups is 1. The number of carbonyl (C=O) groups excluding carboxylic acids is 1. The number of hydrogen-bond donors (Lipinski definition) is 2. The van der Waals surface area contributed by atoms with Crippen molar-refractivity contribution in [2.45, 2.75) is 45.7 Å². The minimum Gasteiger partial charge on any atom is -0.329 e. The van der Waals surface area contributed by atoms with E-state index in [4.69, 9.17) is 0 Å². The fourth-order valence-electron chi connectivity index (χ4n) is 3.18. The summed E-state index contributed by atoms with van der Waals surface area (Å²) in [7, 11) is 0. The molecule has 1 aromatic carbocycles. The maximum atomic E-state index is 12.5. The maximum Gasteiger partial charge on any atom is 0.316 e. The third-order valence-corrected chi connectivity index (χ3v) is 5.83. The quantitative estimate of drug-likeness (QED) is 0.886. The van der Waals surface area contributed by atoms with Crippen molar-refractivity contribution in [3.63, 3.8) is 0 Å². The highest BCUT2D eigenvalue weighted by Gasteiger charge is 2.63. The second kappa shape index (κ2) is 5.64. The molecular formula is C18H23N3OS. The fraction of sp³-hybridized carbons (Fsp3) is 0.444. The molecule has 1 heterocycles. The van der Waals surface area contributed by atoms with Crippen molar-refractivity contribution in [1.29, 1.82) is 0 Å². The first-order valence-electron chi connectivity index (χ1n) is 7.90. The third kappa shape index (κ3) is 2.98. The van der Waals surface area contributed by atoms with Crippen LogP contribution in [-0.4, -0.2) is 11.0 Å². The van der Waals surface area contributed by atoms with Gasteiger partial charge in [0.2, 0.25) is 0 Å². The van der Waals surface area contributed by atoms with Crippen molar-refractivity contribution in [2.24, 2.45) is 5.41 Å². The minimum atomic E-state index is -0.281. The lowest BCUT2D eigenvalue weighted by molar-refractivity contribution is 0.229. The van der Waals surface area contributed by atoms with E-state index in [1.165, 1.54) is 0 Å². The van der Waals surface area contributed by atoms with Gasteiger partial charge in [0.05, 0.1) is 11.6 Å². The summed E-state index contributed by atoms with van der Waals surface area (Å²) in [4.78, 5) is 16.9. The first-order valence-corrected chi connectivity index (χ1v) is 8.78. The molecule has 1 aliphatic carbocycles. The number of benzene rings is 1. The Morgan fingerprint density at radius 1 is 1.30 bits per heavy atom. The zero-order valence-electron chi connectivity index (χ0n) is 14.0. The monoisotopic (exact) mass is 329 g/mol. The molecule has 1 fully saturated rings. The van der Waals surface area contributed by atoms with E-state index in [9.17, 15) is 4.79 Å². The largest absolute Gasteiger partial charge is 0.329 e. The predicted molar refractivity (Wildman–Crippen MR) is 93.5 cm³/mol. The summed E-state index contributed by atoms with van der Waals surface area (Å²) in [5.74, 6) is 0. The molecule has 5 heteroatoms. The number of urea groups is 1. The van der Waals surface area contributed by atoms with Crippen LogP contribution in [0, 0.1) is 12.3 Å². The molecule has 2 unspecified atom stereocenters. The van der Waals surface area contributed by atoms with E-state index in [1.54, 1.807) is 11.3 Å². The van der Waals surface area contributed by atoms with Crippen LogP contribution in [0.1, 0.15) is 49.5 Å². The number of nitrogens with zero attached hydrogens (tertiary/aromatic N) is 1. The van der Waals surface area contributed by atoms with Crippen molar-refractivity contribution in [2.75, 3.05) is 0 Å². The summed E-state index contributed by atoms with van der Waals surface area (Å²) in [6.45, 7) is 8.30. The lowest BCUT2D eigenvalue weighted by atomic mass is 9.96. The summed E-state index contributed by atoms with van der Waals surface area (Å²) in [6.07, 6.45) is 0.947. The molecular weight excluding hydrogens is 306 g/mol. The lowest BCUT2D eigenvalue weighted by Gasteiger charge is -2.24. The second-order valence-corrected chi connectivity index (χ2v) is 7.87. The van der Waals surface area contributed by atoms with Crippen LogP contribution in [0.2, 0.25) is 0 Å². The normalized spacial score (nSPS) is 23.1. The molecule has 2 amide bonds. The van der Waals surface area contributed by atoms with Crippen molar-refractivity contribution < 1.29 is 4.79 Å². The Hall–Kier alpha value is -1.88. The van der Waals surface area contributed by atoms with Gasteiger partial charge in [-0.3, -0.25) is 0 Å². The molecule has 4 nitrogen and oxygen atoms in total. The standard InChI is InChI=1S/C18H23N3OS/c1-12-10-23-15(19-12)13(2)20-16(22)21-18(11-17(18,3)4)14-8-6-5-7-9-14/h5-10,13H,11H2,1-4H3,(H2,20,21,22). The van der Waals surface area contributed by atoms with Gasteiger partial charge < -0.3 is 10.6 Å². The number of nitrogens with one attached hydrogen (secondary N) is 2. The highest BCUT2D eigenvalue weighted by molar-refractivity contribution is 7.09. The zero-order valence-corrected chi connectivity index (χ0v) is 14.8. The smallest absolute Gasteiger partial charge is 0.316 e. The van der Waals surface area contributed by atoms with E-state index in [1.807, 2.05) is 37.4 Å². The van der Waals surface area contributed by atoms with E-state index in [0.29, 0.717) is 0 Å². The van der Waals surface area contributed by atoms with Gasteiger partial charge in [0.1, 0.15) is 5.01 Å². The van der Waals surface area contributed by atoms with Crippen LogP contribution in [0.25, 0.3) is 0 Å². The van der Waals surface area contributed by atoms with Crippen molar-refractivity contribution in [3.05, 3.63) is 52.0 Å². The number of hydrogen-bond acceptors (Lipinski definition) is 3. The summed E-state index contributed by atoms with van der Waals surface area (Å²) < 4.78 is 0. The van der Waals surface area contributed by atoms with Gasteiger partial charge in [-0.25, -0.2) is 9.78 Å². The Balaban J connectivity index is 1.71. The topological polar surface area (TPSA) is 54.0 Å². The molecule has 2 aromatic rings. The highest BCUT2D eigenvalue weighted by Crippen LogP contribution is 2.62. The van der Waals surface area contributed by atoms with Gasteiger partial charge in [0.15, 0.2) is 0 Å². The Morgan fingerprint density at radius 3 is 2.48 bits per heavy atom. The molecule has 122 valence electrons. The Kier molecular flexibility index (Phi) is 3.92. The van der Waals surface area contributed by atoms with Crippen molar-refractivity contribution in [1.82, 2.24) is 15.6 Å². The Labute approximate surface area is 141 Å². The van der Waals surface area contributed by atoms with Crippen LogP contribution < -0.4 is 10.6 Å². The SMILES string of the molecule is Cc1csc(C(C)NC(=O)NC2(c3ccccc3)CC2(C)C)n1. The van der Waals surface area contributed by atoms with Crippen molar-refractivity contribution >= 4 is 17.4 Å².